The molecule has 5 heteroatoms. The SMILES string of the molecule is Cc1ccc2[nH]c(C)c(CC(=O)N/N=C\c3cccnc3)c2c1. The van der Waals surface area contributed by atoms with Crippen molar-refractivity contribution in [3.8, 4) is 0 Å². The molecule has 0 aliphatic carbocycles. The first-order valence-corrected chi connectivity index (χ1v) is 7.43. The van der Waals surface area contributed by atoms with Crippen LogP contribution in [0.5, 0.6) is 0 Å². The highest BCUT2D eigenvalue weighted by Crippen LogP contribution is 2.23. The molecule has 0 unspecified atom stereocenters. The third-order valence-corrected chi connectivity index (χ3v) is 3.70. The highest BCUT2D eigenvalue weighted by atomic mass is 16.2. The molecular formula is C18H18N4O. The summed E-state index contributed by atoms with van der Waals surface area (Å²) in [6, 6.07) is 9.89. The summed E-state index contributed by atoms with van der Waals surface area (Å²) in [7, 11) is 0. The molecule has 0 atom stereocenters. The molecule has 116 valence electrons. The van der Waals surface area contributed by atoms with Gasteiger partial charge in [0.1, 0.15) is 0 Å². The number of hydrogen-bond donors (Lipinski definition) is 2. The summed E-state index contributed by atoms with van der Waals surface area (Å²) >= 11 is 0. The fourth-order valence-corrected chi connectivity index (χ4v) is 2.56. The van der Waals surface area contributed by atoms with Crippen LogP contribution in [0.3, 0.4) is 0 Å². The highest BCUT2D eigenvalue weighted by Gasteiger charge is 2.12. The number of pyridine rings is 1. The number of hydrogen-bond acceptors (Lipinski definition) is 3. The topological polar surface area (TPSA) is 70.1 Å². The van der Waals surface area contributed by atoms with Crippen molar-refractivity contribution in [2.24, 2.45) is 5.10 Å². The van der Waals surface area contributed by atoms with Crippen LogP contribution < -0.4 is 5.43 Å². The first-order valence-electron chi connectivity index (χ1n) is 7.43. The van der Waals surface area contributed by atoms with Crippen LogP contribution in [0.4, 0.5) is 0 Å². The van der Waals surface area contributed by atoms with Crippen molar-refractivity contribution in [1.29, 1.82) is 0 Å². The number of benzene rings is 1. The molecule has 0 spiro atoms. The minimum atomic E-state index is -0.143. The molecule has 2 aromatic heterocycles. The van der Waals surface area contributed by atoms with Gasteiger partial charge < -0.3 is 4.98 Å². The molecule has 0 bridgehead atoms. The van der Waals surface area contributed by atoms with Crippen molar-refractivity contribution in [1.82, 2.24) is 15.4 Å². The summed E-state index contributed by atoms with van der Waals surface area (Å²) in [5, 5.41) is 5.07. The van der Waals surface area contributed by atoms with Crippen LogP contribution in [-0.4, -0.2) is 22.1 Å². The molecule has 0 aliphatic rings. The summed E-state index contributed by atoms with van der Waals surface area (Å²) in [5.41, 5.74) is 7.65. The largest absolute Gasteiger partial charge is 0.358 e. The van der Waals surface area contributed by atoms with E-state index in [0.717, 1.165) is 27.7 Å². The first-order chi connectivity index (χ1) is 11.1. The van der Waals surface area contributed by atoms with Gasteiger partial charge in [-0.25, -0.2) is 5.43 Å². The van der Waals surface area contributed by atoms with E-state index >= 15 is 0 Å². The second-order valence-corrected chi connectivity index (χ2v) is 5.53. The number of nitrogens with one attached hydrogen (secondary N) is 2. The standard InChI is InChI=1S/C18H18N4O/c1-12-5-6-17-16(8-12)15(13(2)21-17)9-18(23)22-20-11-14-4-3-7-19-10-14/h3-8,10-11,21H,9H2,1-2H3,(H,22,23)/b20-11-. The fraction of sp³-hybridized carbons (Fsp3) is 0.167. The maximum atomic E-state index is 12.1. The Bertz CT molecular complexity index is 865. The third kappa shape index (κ3) is 3.45. The second kappa shape index (κ2) is 6.44. The van der Waals surface area contributed by atoms with E-state index in [4.69, 9.17) is 0 Å². The zero-order valence-electron chi connectivity index (χ0n) is 13.1. The Balaban J connectivity index is 1.72. The zero-order valence-corrected chi connectivity index (χ0v) is 13.1. The number of fused-ring (bicyclic) bond motifs is 1. The predicted octanol–water partition coefficient (Wildman–Crippen LogP) is 2.87. The number of hydrazone groups is 1. The van der Waals surface area contributed by atoms with E-state index in [1.807, 2.05) is 32.0 Å². The Kier molecular flexibility index (Phi) is 4.19. The molecule has 1 aromatic carbocycles. The third-order valence-electron chi connectivity index (χ3n) is 3.70. The van der Waals surface area contributed by atoms with Gasteiger partial charge in [0.15, 0.2) is 0 Å². The van der Waals surface area contributed by atoms with Gasteiger partial charge in [0.2, 0.25) is 5.91 Å². The molecule has 1 amide bonds. The van der Waals surface area contributed by atoms with E-state index in [1.54, 1.807) is 18.6 Å². The Morgan fingerprint density at radius 1 is 1.35 bits per heavy atom. The summed E-state index contributed by atoms with van der Waals surface area (Å²) in [5.74, 6) is -0.143. The smallest absolute Gasteiger partial charge is 0.244 e. The average molecular weight is 306 g/mol. The lowest BCUT2D eigenvalue weighted by molar-refractivity contribution is -0.120. The molecule has 0 aliphatic heterocycles. The van der Waals surface area contributed by atoms with Gasteiger partial charge in [0.05, 0.1) is 12.6 Å². The minimum absolute atomic E-state index is 0.143. The first kappa shape index (κ1) is 15.0. The molecule has 3 rings (SSSR count). The second-order valence-electron chi connectivity index (χ2n) is 5.53. The van der Waals surface area contributed by atoms with Crippen molar-refractivity contribution in [2.75, 3.05) is 0 Å². The van der Waals surface area contributed by atoms with Gasteiger partial charge in [-0.05, 0) is 37.6 Å². The molecule has 23 heavy (non-hydrogen) atoms. The number of nitrogens with zero attached hydrogens (tertiary/aromatic N) is 2. The Morgan fingerprint density at radius 3 is 3.00 bits per heavy atom. The van der Waals surface area contributed by atoms with Gasteiger partial charge in [-0.3, -0.25) is 9.78 Å². The number of H-pyrrole nitrogens is 1. The van der Waals surface area contributed by atoms with Crippen LogP contribution >= 0.6 is 0 Å². The van der Waals surface area contributed by atoms with Crippen molar-refractivity contribution < 1.29 is 4.79 Å². The quantitative estimate of drug-likeness (QED) is 0.575. The monoisotopic (exact) mass is 306 g/mol. The Hall–Kier alpha value is -2.95. The lowest BCUT2D eigenvalue weighted by Gasteiger charge is -2.01. The van der Waals surface area contributed by atoms with Crippen LogP contribution in [0, 0.1) is 13.8 Å². The summed E-state index contributed by atoms with van der Waals surface area (Å²) in [6.07, 6.45) is 5.25. The number of carbonyl (C=O) groups is 1. The van der Waals surface area contributed by atoms with E-state index in [1.165, 1.54) is 5.56 Å². The maximum absolute atomic E-state index is 12.1. The van der Waals surface area contributed by atoms with Crippen LogP contribution in [0.25, 0.3) is 10.9 Å². The number of aryl methyl sites for hydroxylation is 2. The zero-order chi connectivity index (χ0) is 16.2. The van der Waals surface area contributed by atoms with Gasteiger partial charge in [-0.1, -0.05) is 17.7 Å². The van der Waals surface area contributed by atoms with E-state index in [-0.39, 0.29) is 5.91 Å². The molecule has 0 radical (unpaired) electrons. The van der Waals surface area contributed by atoms with Crippen molar-refractivity contribution in [3.63, 3.8) is 0 Å². The molecular weight excluding hydrogens is 288 g/mol. The maximum Gasteiger partial charge on any atom is 0.244 e. The minimum Gasteiger partial charge on any atom is -0.358 e. The van der Waals surface area contributed by atoms with E-state index < -0.39 is 0 Å². The van der Waals surface area contributed by atoms with E-state index in [0.29, 0.717) is 6.42 Å². The number of rotatable bonds is 4. The van der Waals surface area contributed by atoms with E-state index in [9.17, 15) is 4.79 Å². The van der Waals surface area contributed by atoms with Crippen LogP contribution in [0.2, 0.25) is 0 Å². The van der Waals surface area contributed by atoms with Crippen molar-refractivity contribution in [2.45, 2.75) is 20.3 Å². The fourth-order valence-electron chi connectivity index (χ4n) is 2.56. The van der Waals surface area contributed by atoms with Gasteiger partial charge in [0, 0.05) is 34.6 Å². The van der Waals surface area contributed by atoms with Crippen molar-refractivity contribution >= 4 is 23.0 Å². The van der Waals surface area contributed by atoms with Crippen LogP contribution in [-0.2, 0) is 11.2 Å². The predicted molar refractivity (Wildman–Crippen MR) is 91.5 cm³/mol. The van der Waals surface area contributed by atoms with Crippen LogP contribution in [0.15, 0.2) is 47.8 Å². The number of aromatic amines is 1. The molecule has 5 nitrogen and oxygen atoms in total. The Morgan fingerprint density at radius 2 is 2.22 bits per heavy atom. The number of carbonyl (C=O) groups excluding carboxylic acids is 1. The lowest BCUT2D eigenvalue weighted by Crippen LogP contribution is -2.20. The summed E-state index contributed by atoms with van der Waals surface area (Å²) < 4.78 is 0. The molecule has 0 saturated carbocycles. The Labute approximate surface area is 134 Å². The van der Waals surface area contributed by atoms with Gasteiger partial charge in [-0.2, -0.15) is 5.10 Å². The summed E-state index contributed by atoms with van der Waals surface area (Å²) in [4.78, 5) is 19.4. The highest BCUT2D eigenvalue weighted by molar-refractivity contribution is 5.91. The molecule has 0 saturated heterocycles. The lowest BCUT2D eigenvalue weighted by atomic mass is 10.1. The molecule has 2 heterocycles. The number of amides is 1. The van der Waals surface area contributed by atoms with Crippen LogP contribution in [0.1, 0.15) is 22.4 Å². The molecule has 2 N–H and O–H groups in total. The summed E-state index contributed by atoms with van der Waals surface area (Å²) in [6.45, 7) is 4.03. The number of aromatic nitrogens is 2. The normalized spacial score (nSPS) is 11.2. The average Bonchev–Trinajstić information content (AvgIpc) is 2.84. The van der Waals surface area contributed by atoms with E-state index in [2.05, 4.69) is 32.6 Å². The van der Waals surface area contributed by atoms with Gasteiger partial charge in [0.25, 0.3) is 0 Å². The van der Waals surface area contributed by atoms with Gasteiger partial charge >= 0.3 is 0 Å². The van der Waals surface area contributed by atoms with Gasteiger partial charge in [-0.15, -0.1) is 0 Å². The molecule has 3 aromatic rings. The molecule has 0 fully saturated rings. The van der Waals surface area contributed by atoms with Crippen molar-refractivity contribution in [3.05, 3.63) is 65.1 Å².